The van der Waals surface area contributed by atoms with Crippen molar-refractivity contribution in [3.8, 4) is 0 Å². The fourth-order valence-electron chi connectivity index (χ4n) is 1.79. The van der Waals surface area contributed by atoms with E-state index >= 15 is 0 Å². The molecule has 3 heteroatoms. The van der Waals surface area contributed by atoms with Crippen LogP contribution in [0, 0.1) is 12.7 Å². The van der Waals surface area contributed by atoms with Crippen LogP contribution in [0.5, 0.6) is 0 Å². The topological polar surface area (TPSA) is 38.0 Å². The van der Waals surface area contributed by atoms with Gasteiger partial charge in [-0.2, -0.15) is 0 Å². The van der Waals surface area contributed by atoms with E-state index in [1.165, 1.54) is 0 Å². The standard InChI is InChI=1S/C15H17FN2/c1-10-3-4-12(9-15(10)16)11(2)18-14-7-5-13(17)6-8-14/h3-9,11,18H,17H2,1-2H3. The van der Waals surface area contributed by atoms with Gasteiger partial charge in [0.1, 0.15) is 5.82 Å². The van der Waals surface area contributed by atoms with Gasteiger partial charge >= 0.3 is 0 Å². The number of hydrogen-bond acceptors (Lipinski definition) is 2. The molecule has 2 nitrogen and oxygen atoms in total. The van der Waals surface area contributed by atoms with E-state index < -0.39 is 0 Å². The van der Waals surface area contributed by atoms with Gasteiger partial charge in [0.15, 0.2) is 0 Å². The first-order chi connectivity index (χ1) is 8.56. The maximum Gasteiger partial charge on any atom is 0.126 e. The van der Waals surface area contributed by atoms with E-state index in [1.54, 1.807) is 19.1 Å². The largest absolute Gasteiger partial charge is 0.399 e. The molecule has 0 fully saturated rings. The Kier molecular flexibility index (Phi) is 3.51. The molecule has 0 aliphatic carbocycles. The Labute approximate surface area is 107 Å². The first-order valence-corrected chi connectivity index (χ1v) is 5.94. The lowest BCUT2D eigenvalue weighted by Gasteiger charge is -2.16. The molecule has 0 spiro atoms. The van der Waals surface area contributed by atoms with Crippen molar-refractivity contribution in [1.29, 1.82) is 0 Å². The summed E-state index contributed by atoms with van der Waals surface area (Å²) in [6.45, 7) is 3.76. The van der Waals surface area contributed by atoms with Gasteiger partial charge in [0.05, 0.1) is 0 Å². The maximum absolute atomic E-state index is 13.5. The Bertz CT molecular complexity index is 535. The minimum atomic E-state index is -0.168. The highest BCUT2D eigenvalue weighted by Crippen LogP contribution is 2.21. The third-order valence-corrected chi connectivity index (χ3v) is 2.99. The van der Waals surface area contributed by atoms with Crippen molar-refractivity contribution < 1.29 is 4.39 Å². The van der Waals surface area contributed by atoms with E-state index in [2.05, 4.69) is 5.32 Å². The van der Waals surface area contributed by atoms with E-state index in [1.807, 2.05) is 37.3 Å². The fraction of sp³-hybridized carbons (Fsp3) is 0.200. The third-order valence-electron chi connectivity index (χ3n) is 2.99. The molecule has 2 aromatic carbocycles. The average Bonchev–Trinajstić information content (AvgIpc) is 2.35. The van der Waals surface area contributed by atoms with Gasteiger partial charge in [-0.15, -0.1) is 0 Å². The molecule has 94 valence electrons. The summed E-state index contributed by atoms with van der Waals surface area (Å²) >= 11 is 0. The number of rotatable bonds is 3. The van der Waals surface area contributed by atoms with Crippen LogP contribution in [0.3, 0.4) is 0 Å². The van der Waals surface area contributed by atoms with Gasteiger partial charge in [0.2, 0.25) is 0 Å². The van der Waals surface area contributed by atoms with Crippen LogP contribution in [-0.4, -0.2) is 0 Å². The molecule has 0 bridgehead atoms. The Hall–Kier alpha value is -2.03. The van der Waals surface area contributed by atoms with Gasteiger partial charge in [-0.25, -0.2) is 4.39 Å². The van der Waals surface area contributed by atoms with Crippen molar-refractivity contribution in [1.82, 2.24) is 0 Å². The van der Waals surface area contributed by atoms with Gasteiger partial charge in [-0.3, -0.25) is 0 Å². The molecule has 18 heavy (non-hydrogen) atoms. The molecule has 0 radical (unpaired) electrons. The maximum atomic E-state index is 13.5. The summed E-state index contributed by atoms with van der Waals surface area (Å²) in [5.41, 5.74) is 8.92. The molecule has 2 aromatic rings. The Morgan fingerprint density at radius 3 is 2.39 bits per heavy atom. The number of nitrogens with one attached hydrogen (secondary N) is 1. The van der Waals surface area contributed by atoms with Crippen LogP contribution < -0.4 is 11.1 Å². The molecule has 0 amide bonds. The molecule has 0 aromatic heterocycles. The van der Waals surface area contributed by atoms with Gasteiger partial charge in [-0.05, 0) is 55.3 Å². The molecule has 1 unspecified atom stereocenters. The second-order valence-electron chi connectivity index (χ2n) is 4.50. The zero-order chi connectivity index (χ0) is 13.1. The van der Waals surface area contributed by atoms with Crippen LogP contribution in [0.1, 0.15) is 24.1 Å². The van der Waals surface area contributed by atoms with E-state index in [4.69, 9.17) is 5.73 Å². The van der Waals surface area contributed by atoms with Gasteiger partial charge in [0, 0.05) is 17.4 Å². The number of anilines is 2. The summed E-state index contributed by atoms with van der Waals surface area (Å²) < 4.78 is 13.5. The first-order valence-electron chi connectivity index (χ1n) is 5.94. The fourth-order valence-corrected chi connectivity index (χ4v) is 1.79. The zero-order valence-corrected chi connectivity index (χ0v) is 10.6. The Balaban J connectivity index is 2.13. The summed E-state index contributed by atoms with van der Waals surface area (Å²) in [5, 5.41) is 3.31. The van der Waals surface area contributed by atoms with Crippen LogP contribution in [0.25, 0.3) is 0 Å². The van der Waals surface area contributed by atoms with Crippen LogP contribution in [-0.2, 0) is 0 Å². The third kappa shape index (κ3) is 2.80. The summed E-state index contributed by atoms with van der Waals surface area (Å²) in [4.78, 5) is 0. The number of benzene rings is 2. The normalized spacial score (nSPS) is 12.2. The summed E-state index contributed by atoms with van der Waals surface area (Å²) in [6.07, 6.45) is 0. The average molecular weight is 244 g/mol. The van der Waals surface area contributed by atoms with E-state index in [0.717, 1.165) is 16.9 Å². The summed E-state index contributed by atoms with van der Waals surface area (Å²) in [6, 6.07) is 12.9. The van der Waals surface area contributed by atoms with Crippen molar-refractivity contribution in [2.75, 3.05) is 11.1 Å². The van der Waals surface area contributed by atoms with Gasteiger partial charge in [0.25, 0.3) is 0 Å². The van der Waals surface area contributed by atoms with Crippen molar-refractivity contribution in [3.63, 3.8) is 0 Å². The second-order valence-corrected chi connectivity index (χ2v) is 4.50. The number of aryl methyl sites for hydroxylation is 1. The molecule has 1 atom stereocenters. The Morgan fingerprint density at radius 2 is 1.78 bits per heavy atom. The van der Waals surface area contributed by atoms with Crippen LogP contribution in [0.15, 0.2) is 42.5 Å². The number of nitrogen functional groups attached to an aromatic ring is 1. The molecule has 0 aliphatic rings. The van der Waals surface area contributed by atoms with E-state index in [0.29, 0.717) is 5.56 Å². The minimum absolute atomic E-state index is 0.0451. The summed E-state index contributed by atoms with van der Waals surface area (Å²) in [7, 11) is 0. The van der Waals surface area contributed by atoms with Crippen LogP contribution in [0.2, 0.25) is 0 Å². The van der Waals surface area contributed by atoms with Crippen LogP contribution in [0.4, 0.5) is 15.8 Å². The number of halogens is 1. The quantitative estimate of drug-likeness (QED) is 0.804. The summed E-state index contributed by atoms with van der Waals surface area (Å²) in [5.74, 6) is -0.168. The second kappa shape index (κ2) is 5.08. The van der Waals surface area contributed by atoms with Gasteiger partial charge < -0.3 is 11.1 Å². The van der Waals surface area contributed by atoms with Gasteiger partial charge in [-0.1, -0.05) is 12.1 Å². The van der Waals surface area contributed by atoms with E-state index in [-0.39, 0.29) is 11.9 Å². The molecule has 2 rings (SSSR count). The predicted molar refractivity (Wildman–Crippen MR) is 74.0 cm³/mol. The zero-order valence-electron chi connectivity index (χ0n) is 10.6. The van der Waals surface area contributed by atoms with Crippen molar-refractivity contribution >= 4 is 11.4 Å². The number of nitrogens with two attached hydrogens (primary N) is 1. The lowest BCUT2D eigenvalue weighted by Crippen LogP contribution is -2.07. The van der Waals surface area contributed by atoms with Crippen LogP contribution >= 0.6 is 0 Å². The lowest BCUT2D eigenvalue weighted by atomic mass is 10.1. The molecular formula is C15H17FN2. The smallest absolute Gasteiger partial charge is 0.126 e. The minimum Gasteiger partial charge on any atom is -0.399 e. The highest BCUT2D eigenvalue weighted by atomic mass is 19.1. The molecule has 0 heterocycles. The molecule has 0 saturated carbocycles. The molecule has 0 saturated heterocycles. The highest BCUT2D eigenvalue weighted by molar-refractivity contribution is 5.52. The lowest BCUT2D eigenvalue weighted by molar-refractivity contribution is 0.614. The first kappa shape index (κ1) is 12.4. The monoisotopic (exact) mass is 244 g/mol. The molecular weight excluding hydrogens is 227 g/mol. The number of hydrogen-bond donors (Lipinski definition) is 2. The predicted octanol–water partition coefficient (Wildman–Crippen LogP) is 3.89. The van der Waals surface area contributed by atoms with Crippen molar-refractivity contribution in [2.45, 2.75) is 19.9 Å². The van der Waals surface area contributed by atoms with E-state index in [9.17, 15) is 4.39 Å². The Morgan fingerprint density at radius 1 is 1.11 bits per heavy atom. The van der Waals surface area contributed by atoms with Crippen molar-refractivity contribution in [2.24, 2.45) is 0 Å². The SMILES string of the molecule is Cc1ccc(C(C)Nc2ccc(N)cc2)cc1F. The highest BCUT2D eigenvalue weighted by Gasteiger charge is 2.07. The van der Waals surface area contributed by atoms with Crippen molar-refractivity contribution in [3.05, 3.63) is 59.4 Å². The molecule has 3 N–H and O–H groups in total. The molecule has 0 aliphatic heterocycles.